The standard InChI is InChI=1S/C30H39N3O8/c1-13(31)8-6-7-11-29(2,3)16-10-9-14-12-15-18(24(36)17(14)23(16)35)26(38)30(41)20(22(15)34)21(33(4)5)25(37)19(27(30)39)28(32)40/h9-10,15,20-22,34-36,39,41H,1,6-8,11-12,31H2,2-5H3,(H2,32,40)/t15-,20-,21+,22+,30+/m0/s1. The lowest BCUT2D eigenvalue weighted by Gasteiger charge is -2.52. The molecule has 0 heterocycles. The number of rotatable bonds is 8. The highest BCUT2D eigenvalue weighted by molar-refractivity contribution is 6.24. The molecule has 5 atom stereocenters. The molecule has 0 saturated heterocycles. The van der Waals surface area contributed by atoms with Crippen LogP contribution in [0.5, 0.6) is 5.75 Å². The molecule has 0 unspecified atom stereocenters. The predicted octanol–water partition coefficient (Wildman–Crippen LogP) is 1.25. The number of carbonyl (C=O) groups excluding carboxylic acids is 3. The highest BCUT2D eigenvalue weighted by Gasteiger charge is 2.67. The van der Waals surface area contributed by atoms with Crippen LogP contribution < -0.4 is 11.5 Å². The quantitative estimate of drug-likeness (QED) is 0.176. The molecule has 0 aromatic heterocycles. The van der Waals surface area contributed by atoms with Gasteiger partial charge >= 0.3 is 0 Å². The summed E-state index contributed by atoms with van der Waals surface area (Å²) in [5.41, 5.74) is 7.78. The van der Waals surface area contributed by atoms with Gasteiger partial charge < -0.3 is 37.0 Å². The average Bonchev–Trinajstić information content (AvgIpc) is 2.86. The van der Waals surface area contributed by atoms with Crippen LogP contribution >= 0.6 is 0 Å². The van der Waals surface area contributed by atoms with Crippen molar-refractivity contribution in [3.63, 3.8) is 0 Å². The summed E-state index contributed by atoms with van der Waals surface area (Å²) in [6.45, 7) is 7.59. The van der Waals surface area contributed by atoms with Gasteiger partial charge in [-0.05, 0) is 50.8 Å². The van der Waals surface area contributed by atoms with Crippen LogP contribution in [0.2, 0.25) is 0 Å². The van der Waals surface area contributed by atoms with Crippen molar-refractivity contribution >= 4 is 23.2 Å². The molecule has 41 heavy (non-hydrogen) atoms. The van der Waals surface area contributed by atoms with Gasteiger partial charge in [0.2, 0.25) is 5.78 Å². The molecule has 4 rings (SSSR count). The zero-order valence-electron chi connectivity index (χ0n) is 23.8. The van der Waals surface area contributed by atoms with E-state index < -0.39 is 75.1 Å². The molecule has 0 aliphatic heterocycles. The fourth-order valence-corrected chi connectivity index (χ4v) is 6.83. The molecular formula is C30H39N3O8. The molecule has 11 heteroatoms. The Balaban J connectivity index is 1.86. The molecule has 1 fully saturated rings. The second-order valence-corrected chi connectivity index (χ2v) is 12.3. The number of unbranched alkanes of at least 4 members (excludes halogenated alkanes) is 1. The van der Waals surface area contributed by atoms with Crippen molar-refractivity contribution in [3.05, 3.63) is 58.0 Å². The first-order valence-corrected chi connectivity index (χ1v) is 13.6. The molecule has 9 N–H and O–H groups in total. The Bertz CT molecular complexity index is 1410. The second-order valence-electron chi connectivity index (χ2n) is 12.3. The van der Waals surface area contributed by atoms with E-state index in [4.69, 9.17) is 11.5 Å². The smallest absolute Gasteiger partial charge is 0.255 e. The molecule has 0 radical (unpaired) electrons. The SMILES string of the molecule is C=C(N)CCCCC(C)(C)c1ccc2c(c1O)C(O)=C1C(=O)[C@@]3(O)C(O)=C(C(N)=O)C(=O)[C@H](N(C)C)[C@H]3[C@H](O)[C@H]1C2. The molecular weight excluding hydrogens is 530 g/mol. The lowest BCUT2D eigenvalue weighted by molar-refractivity contribution is -0.168. The third-order valence-corrected chi connectivity index (χ3v) is 8.95. The largest absolute Gasteiger partial charge is 0.508 e. The average molecular weight is 570 g/mol. The highest BCUT2D eigenvalue weighted by Crippen LogP contribution is 2.53. The van der Waals surface area contributed by atoms with Crippen LogP contribution in [-0.4, -0.2) is 79.7 Å². The van der Waals surface area contributed by atoms with E-state index in [1.54, 1.807) is 12.1 Å². The molecule has 1 amide bonds. The number of hydrogen-bond acceptors (Lipinski definition) is 10. The number of Topliss-reactive ketones (excluding diaryl/α,β-unsaturated/α-hetero) is 2. The van der Waals surface area contributed by atoms with E-state index in [2.05, 4.69) is 6.58 Å². The number of carbonyl (C=O) groups is 3. The fourth-order valence-electron chi connectivity index (χ4n) is 6.83. The van der Waals surface area contributed by atoms with Crippen LogP contribution in [0.15, 0.2) is 41.3 Å². The number of primary amides is 1. The van der Waals surface area contributed by atoms with Gasteiger partial charge in [-0.3, -0.25) is 19.3 Å². The van der Waals surface area contributed by atoms with Gasteiger partial charge in [-0.2, -0.15) is 0 Å². The van der Waals surface area contributed by atoms with Crippen LogP contribution in [0.1, 0.15) is 56.2 Å². The number of benzene rings is 1. The number of hydrogen-bond donors (Lipinski definition) is 7. The van der Waals surface area contributed by atoms with E-state index in [1.807, 2.05) is 13.8 Å². The lowest BCUT2D eigenvalue weighted by Crippen LogP contribution is -2.70. The summed E-state index contributed by atoms with van der Waals surface area (Å²) >= 11 is 0. The Morgan fingerprint density at radius 1 is 1.15 bits per heavy atom. The van der Waals surface area contributed by atoms with Crippen LogP contribution in [0.25, 0.3) is 5.76 Å². The molecule has 3 aliphatic carbocycles. The third kappa shape index (κ3) is 4.52. The maximum Gasteiger partial charge on any atom is 0.255 e. The Morgan fingerprint density at radius 3 is 2.34 bits per heavy atom. The number of allylic oxidation sites excluding steroid dienone is 1. The first kappa shape index (κ1) is 30.3. The molecule has 1 saturated carbocycles. The number of phenols is 1. The number of fused-ring (bicyclic) bond motifs is 3. The zero-order chi connectivity index (χ0) is 30.8. The van der Waals surface area contributed by atoms with Crippen molar-refractivity contribution in [2.75, 3.05) is 14.1 Å². The molecule has 1 aromatic carbocycles. The minimum atomic E-state index is -2.93. The minimum Gasteiger partial charge on any atom is -0.508 e. The van der Waals surface area contributed by atoms with Gasteiger partial charge in [0.25, 0.3) is 5.91 Å². The van der Waals surface area contributed by atoms with Gasteiger partial charge in [-0.15, -0.1) is 0 Å². The molecule has 222 valence electrons. The maximum atomic E-state index is 14.0. The summed E-state index contributed by atoms with van der Waals surface area (Å²) in [5, 5.41) is 57.1. The van der Waals surface area contributed by atoms with Crippen LogP contribution in [0.3, 0.4) is 0 Å². The normalized spacial score (nSPS) is 28.0. The van der Waals surface area contributed by atoms with Crippen molar-refractivity contribution in [1.29, 1.82) is 0 Å². The van der Waals surface area contributed by atoms with Gasteiger partial charge in [0.05, 0.1) is 23.6 Å². The molecule has 3 aliphatic rings. The summed E-state index contributed by atoms with van der Waals surface area (Å²) in [7, 11) is 2.93. The predicted molar refractivity (Wildman–Crippen MR) is 150 cm³/mol. The van der Waals surface area contributed by atoms with E-state index >= 15 is 0 Å². The van der Waals surface area contributed by atoms with Crippen molar-refractivity contribution in [1.82, 2.24) is 4.90 Å². The number of likely N-dealkylation sites (N-methyl/N-ethyl adjacent to an activating group) is 1. The first-order valence-electron chi connectivity index (χ1n) is 13.6. The Hall–Kier alpha value is -3.67. The summed E-state index contributed by atoms with van der Waals surface area (Å²) in [5.74, 6) is -8.24. The summed E-state index contributed by atoms with van der Waals surface area (Å²) < 4.78 is 0. The third-order valence-electron chi connectivity index (χ3n) is 8.95. The number of aliphatic hydroxyl groups excluding tert-OH is 3. The van der Waals surface area contributed by atoms with Crippen molar-refractivity contribution < 1.29 is 39.9 Å². The fraction of sp³-hybridized carbons (Fsp3) is 0.500. The number of nitrogens with two attached hydrogens (primary N) is 2. The van der Waals surface area contributed by atoms with Gasteiger partial charge in [-0.1, -0.05) is 39.0 Å². The van der Waals surface area contributed by atoms with Crippen molar-refractivity contribution in [2.45, 2.75) is 69.1 Å². The van der Waals surface area contributed by atoms with E-state index in [-0.39, 0.29) is 17.7 Å². The number of aliphatic hydroxyl groups is 4. The van der Waals surface area contributed by atoms with E-state index in [0.717, 1.165) is 12.8 Å². The van der Waals surface area contributed by atoms with Crippen molar-refractivity contribution in [2.24, 2.45) is 23.3 Å². The Morgan fingerprint density at radius 2 is 1.78 bits per heavy atom. The summed E-state index contributed by atoms with van der Waals surface area (Å²) in [6.07, 6.45) is 1.37. The van der Waals surface area contributed by atoms with Crippen LogP contribution in [-0.2, 0) is 26.2 Å². The topological polar surface area (TPSA) is 208 Å². The molecule has 1 aromatic rings. The number of amides is 1. The van der Waals surface area contributed by atoms with Crippen LogP contribution in [0.4, 0.5) is 0 Å². The number of ketones is 2. The van der Waals surface area contributed by atoms with E-state index in [1.165, 1.54) is 19.0 Å². The van der Waals surface area contributed by atoms with E-state index in [0.29, 0.717) is 29.7 Å². The number of nitrogens with zero attached hydrogens (tertiary/aromatic N) is 1. The van der Waals surface area contributed by atoms with Crippen molar-refractivity contribution in [3.8, 4) is 5.75 Å². The van der Waals surface area contributed by atoms with Gasteiger partial charge in [-0.25, -0.2) is 0 Å². The Labute approximate surface area is 238 Å². The Kier molecular flexibility index (Phi) is 7.62. The zero-order valence-corrected chi connectivity index (χ0v) is 23.8. The number of phenolic OH excluding ortho intramolecular Hbond substituents is 1. The molecule has 11 nitrogen and oxygen atoms in total. The summed E-state index contributed by atoms with van der Waals surface area (Å²) in [4.78, 5) is 40.7. The van der Waals surface area contributed by atoms with Gasteiger partial charge in [0.15, 0.2) is 11.4 Å². The minimum absolute atomic E-state index is 0.00256. The molecule has 0 spiro atoms. The van der Waals surface area contributed by atoms with Gasteiger partial charge in [0.1, 0.15) is 22.8 Å². The highest BCUT2D eigenvalue weighted by atomic mass is 16.4. The van der Waals surface area contributed by atoms with Gasteiger partial charge in [0, 0.05) is 22.8 Å². The summed E-state index contributed by atoms with van der Waals surface area (Å²) in [6, 6.07) is 2.09. The molecule has 0 bridgehead atoms. The monoisotopic (exact) mass is 569 g/mol. The van der Waals surface area contributed by atoms with Crippen LogP contribution in [0, 0.1) is 11.8 Å². The maximum absolute atomic E-state index is 14.0. The number of aromatic hydroxyl groups is 1. The lowest BCUT2D eigenvalue weighted by atomic mass is 9.56. The first-order chi connectivity index (χ1) is 19.0. The van der Waals surface area contributed by atoms with E-state index in [9.17, 15) is 39.9 Å². The second kappa shape index (κ2) is 10.3.